The first-order valence-corrected chi connectivity index (χ1v) is 8.62. The minimum absolute atomic E-state index is 0.0143. The highest BCUT2D eigenvalue weighted by Gasteiger charge is 2.38. The van der Waals surface area contributed by atoms with Crippen LogP contribution in [0.25, 0.3) is 0 Å². The van der Waals surface area contributed by atoms with Gasteiger partial charge in [0.1, 0.15) is 11.8 Å². The molecular weight excluding hydrogens is 364 g/mol. The Morgan fingerprint density at radius 1 is 1.32 bits per heavy atom. The maximum Gasteiger partial charge on any atom is 0.325 e. The van der Waals surface area contributed by atoms with Crippen LogP contribution in [0.2, 0.25) is 0 Å². The molecular formula is C18H20N6O4. The van der Waals surface area contributed by atoms with Crippen LogP contribution >= 0.6 is 0 Å². The van der Waals surface area contributed by atoms with E-state index in [0.717, 1.165) is 4.90 Å². The Balaban J connectivity index is 1.70. The van der Waals surface area contributed by atoms with Crippen molar-refractivity contribution < 1.29 is 19.1 Å². The third-order valence-corrected chi connectivity index (χ3v) is 4.37. The average molecular weight is 384 g/mol. The molecule has 2 aromatic rings. The van der Waals surface area contributed by atoms with Crippen molar-refractivity contribution in [3.63, 3.8) is 0 Å². The summed E-state index contributed by atoms with van der Waals surface area (Å²) in [7, 11) is 3.09. The summed E-state index contributed by atoms with van der Waals surface area (Å²) < 4.78 is 11.9. The van der Waals surface area contributed by atoms with Crippen molar-refractivity contribution in [2.45, 2.75) is 25.6 Å². The zero-order chi connectivity index (χ0) is 20.1. The molecule has 2 heterocycles. The van der Waals surface area contributed by atoms with Gasteiger partial charge in [-0.15, -0.1) is 5.10 Å². The van der Waals surface area contributed by atoms with Crippen molar-refractivity contribution in [3.8, 4) is 11.8 Å². The monoisotopic (exact) mass is 384 g/mol. The molecule has 1 fully saturated rings. The van der Waals surface area contributed by atoms with Gasteiger partial charge in [-0.25, -0.2) is 9.48 Å². The molecule has 1 aliphatic heterocycles. The van der Waals surface area contributed by atoms with Gasteiger partial charge in [-0.3, -0.25) is 9.69 Å². The highest BCUT2D eigenvalue weighted by Crippen LogP contribution is 2.23. The molecule has 0 radical (unpaired) electrons. The first-order valence-electron chi connectivity index (χ1n) is 8.62. The van der Waals surface area contributed by atoms with Gasteiger partial charge in [0.25, 0.3) is 5.91 Å². The van der Waals surface area contributed by atoms with Crippen LogP contribution in [0, 0.1) is 11.3 Å². The number of nitriles is 1. The van der Waals surface area contributed by atoms with Crippen LogP contribution in [-0.2, 0) is 29.0 Å². The van der Waals surface area contributed by atoms with E-state index >= 15 is 0 Å². The lowest BCUT2D eigenvalue weighted by atomic mass is 10.1. The van der Waals surface area contributed by atoms with Gasteiger partial charge >= 0.3 is 6.03 Å². The Morgan fingerprint density at radius 2 is 2.14 bits per heavy atom. The SMILES string of the molecule is COCCn1cc(C[C@@H]2NC(=O)N(Cc3cc(C#N)ccc3OC)C2=O)nn1. The molecule has 0 unspecified atom stereocenters. The van der Waals surface area contributed by atoms with Crippen molar-refractivity contribution in [1.82, 2.24) is 25.2 Å². The zero-order valence-electron chi connectivity index (χ0n) is 15.6. The van der Waals surface area contributed by atoms with Crippen molar-refractivity contribution in [3.05, 3.63) is 41.2 Å². The van der Waals surface area contributed by atoms with Gasteiger partial charge in [0.15, 0.2) is 0 Å². The van der Waals surface area contributed by atoms with Crippen LogP contribution in [0.5, 0.6) is 5.75 Å². The van der Waals surface area contributed by atoms with Gasteiger partial charge in [-0.05, 0) is 18.2 Å². The molecule has 1 N–H and O–H groups in total. The van der Waals surface area contributed by atoms with E-state index in [1.165, 1.54) is 7.11 Å². The molecule has 3 rings (SSSR count). The van der Waals surface area contributed by atoms with Gasteiger partial charge in [-0.2, -0.15) is 5.26 Å². The van der Waals surface area contributed by atoms with Crippen LogP contribution < -0.4 is 10.1 Å². The lowest BCUT2D eigenvalue weighted by Crippen LogP contribution is -2.32. The molecule has 0 bridgehead atoms. The molecule has 28 heavy (non-hydrogen) atoms. The van der Waals surface area contributed by atoms with Gasteiger partial charge in [-0.1, -0.05) is 5.21 Å². The van der Waals surface area contributed by atoms with Crippen LogP contribution in [0.3, 0.4) is 0 Å². The first-order chi connectivity index (χ1) is 13.5. The second-order valence-corrected chi connectivity index (χ2v) is 6.23. The fraction of sp³-hybridized carbons (Fsp3) is 0.389. The summed E-state index contributed by atoms with van der Waals surface area (Å²) in [5.74, 6) is 0.144. The minimum atomic E-state index is -0.717. The number of hydrogen-bond donors (Lipinski definition) is 1. The number of ether oxygens (including phenoxy) is 2. The van der Waals surface area contributed by atoms with E-state index in [4.69, 9.17) is 14.7 Å². The van der Waals surface area contributed by atoms with E-state index in [1.54, 1.807) is 36.2 Å². The Kier molecular flexibility index (Phi) is 5.86. The quantitative estimate of drug-likeness (QED) is 0.656. The summed E-state index contributed by atoms with van der Waals surface area (Å²) in [6.07, 6.45) is 1.96. The van der Waals surface area contributed by atoms with Crippen LogP contribution in [-0.4, -0.2) is 58.7 Å². The third-order valence-electron chi connectivity index (χ3n) is 4.37. The van der Waals surface area contributed by atoms with Crippen molar-refractivity contribution >= 4 is 11.9 Å². The molecule has 1 saturated heterocycles. The van der Waals surface area contributed by atoms with Crippen LogP contribution in [0.1, 0.15) is 16.8 Å². The molecule has 10 heteroatoms. The highest BCUT2D eigenvalue weighted by atomic mass is 16.5. The van der Waals surface area contributed by atoms with E-state index in [-0.39, 0.29) is 18.9 Å². The normalized spacial score (nSPS) is 16.2. The standard InChI is InChI=1S/C18H20N6O4/c1-27-6-5-23-11-14(21-22-23)8-15-17(25)24(18(26)20-15)10-13-7-12(9-19)3-4-16(13)28-2/h3-4,7,11,15H,5-6,8,10H2,1-2H3,(H,20,26)/t15-/m0/s1. The van der Waals surface area contributed by atoms with Gasteiger partial charge < -0.3 is 14.8 Å². The van der Waals surface area contributed by atoms with E-state index in [9.17, 15) is 9.59 Å². The zero-order valence-corrected chi connectivity index (χ0v) is 15.6. The number of aromatic nitrogens is 3. The topological polar surface area (TPSA) is 122 Å². The number of nitrogens with zero attached hydrogens (tertiary/aromatic N) is 5. The van der Waals surface area contributed by atoms with Crippen LogP contribution in [0.15, 0.2) is 24.4 Å². The number of hydrogen-bond acceptors (Lipinski definition) is 7. The summed E-state index contributed by atoms with van der Waals surface area (Å²) in [6.45, 7) is 1.06. The molecule has 1 atom stereocenters. The maximum absolute atomic E-state index is 12.7. The highest BCUT2D eigenvalue weighted by molar-refractivity contribution is 6.04. The van der Waals surface area contributed by atoms with Crippen LogP contribution in [0.4, 0.5) is 4.79 Å². The number of methoxy groups -OCH3 is 2. The second kappa shape index (κ2) is 8.49. The largest absolute Gasteiger partial charge is 0.496 e. The number of nitrogens with one attached hydrogen (secondary N) is 1. The first kappa shape index (κ1) is 19.3. The summed E-state index contributed by atoms with van der Waals surface area (Å²) in [6, 6.07) is 5.69. The van der Waals surface area contributed by atoms with Gasteiger partial charge in [0.2, 0.25) is 0 Å². The number of rotatable bonds is 8. The predicted molar refractivity (Wildman–Crippen MR) is 96.2 cm³/mol. The van der Waals surface area contributed by atoms with Gasteiger partial charge in [0.05, 0.1) is 44.1 Å². The molecule has 0 aliphatic carbocycles. The van der Waals surface area contributed by atoms with Crippen molar-refractivity contribution in [2.24, 2.45) is 0 Å². The molecule has 1 aromatic carbocycles. The maximum atomic E-state index is 12.7. The molecule has 146 valence electrons. The molecule has 0 spiro atoms. The Morgan fingerprint density at radius 3 is 2.86 bits per heavy atom. The Labute approximate surface area is 161 Å². The molecule has 10 nitrogen and oxygen atoms in total. The van der Waals surface area contributed by atoms with E-state index < -0.39 is 12.1 Å². The lowest BCUT2D eigenvalue weighted by Gasteiger charge is -2.15. The number of benzene rings is 1. The van der Waals surface area contributed by atoms with E-state index in [2.05, 4.69) is 15.6 Å². The number of imide groups is 1. The molecule has 1 aliphatic rings. The smallest absolute Gasteiger partial charge is 0.325 e. The molecule has 1 aromatic heterocycles. The summed E-state index contributed by atoms with van der Waals surface area (Å²) in [5, 5.41) is 19.8. The Hall–Kier alpha value is -3.45. The number of urea groups is 1. The fourth-order valence-electron chi connectivity index (χ4n) is 2.94. The van der Waals surface area contributed by atoms with E-state index in [1.807, 2.05) is 6.07 Å². The fourth-order valence-corrected chi connectivity index (χ4v) is 2.94. The van der Waals surface area contributed by atoms with Crippen molar-refractivity contribution in [2.75, 3.05) is 20.8 Å². The summed E-state index contributed by atoms with van der Waals surface area (Å²) >= 11 is 0. The van der Waals surface area contributed by atoms with Gasteiger partial charge in [0, 0.05) is 25.3 Å². The number of carbonyl (C=O) groups excluding carboxylic acids is 2. The summed E-state index contributed by atoms with van der Waals surface area (Å²) in [4.78, 5) is 26.2. The number of amides is 3. The molecule has 0 saturated carbocycles. The lowest BCUT2D eigenvalue weighted by molar-refractivity contribution is -0.127. The Bertz CT molecular complexity index is 919. The third kappa shape index (κ3) is 4.10. The van der Waals surface area contributed by atoms with E-state index in [0.29, 0.717) is 35.7 Å². The predicted octanol–water partition coefficient (Wildman–Crippen LogP) is 0.468. The minimum Gasteiger partial charge on any atom is -0.496 e. The second-order valence-electron chi connectivity index (χ2n) is 6.23. The average Bonchev–Trinajstić information content (AvgIpc) is 3.26. The van der Waals surface area contributed by atoms with Crippen molar-refractivity contribution in [1.29, 1.82) is 5.26 Å². The molecule has 3 amide bonds. The summed E-state index contributed by atoms with van der Waals surface area (Å²) in [5.41, 5.74) is 1.60. The number of carbonyl (C=O) groups is 2.